The molecule has 1 unspecified atom stereocenters. The highest BCUT2D eigenvalue weighted by Crippen LogP contribution is 2.20. The number of carbonyl (C=O) groups excluding carboxylic acids is 2. The molecule has 0 spiro atoms. The number of thioether (sulfide) groups is 1. The van der Waals surface area contributed by atoms with E-state index in [2.05, 4.69) is 20.7 Å². The van der Waals surface area contributed by atoms with Gasteiger partial charge in [-0.25, -0.2) is 14.5 Å². The van der Waals surface area contributed by atoms with E-state index in [0.29, 0.717) is 10.8 Å². The fourth-order valence-electron chi connectivity index (χ4n) is 2.12. The van der Waals surface area contributed by atoms with Gasteiger partial charge < -0.3 is 5.32 Å². The number of hydrogen-bond donors (Lipinski definition) is 2. The number of para-hydroxylation sites is 2. The number of urea groups is 1. The zero-order valence-electron chi connectivity index (χ0n) is 14.0. The van der Waals surface area contributed by atoms with Crippen molar-refractivity contribution < 1.29 is 9.59 Å². The molecule has 1 heterocycles. The van der Waals surface area contributed by atoms with E-state index in [1.165, 1.54) is 11.8 Å². The van der Waals surface area contributed by atoms with Crippen molar-refractivity contribution in [2.45, 2.75) is 17.3 Å². The number of benzene rings is 2. The molecule has 0 saturated carbocycles. The van der Waals surface area contributed by atoms with Gasteiger partial charge in [-0.1, -0.05) is 48.2 Å². The summed E-state index contributed by atoms with van der Waals surface area (Å²) in [5.74, 6) is -0.417. The second-order valence-corrected chi connectivity index (χ2v) is 6.68. The van der Waals surface area contributed by atoms with Crippen molar-refractivity contribution in [1.29, 1.82) is 0 Å². The topological polar surface area (TPSA) is 88.9 Å². The maximum atomic E-state index is 12.2. The van der Waals surface area contributed by atoms with E-state index < -0.39 is 17.2 Å². The summed E-state index contributed by atoms with van der Waals surface area (Å²) in [7, 11) is 0. The maximum Gasteiger partial charge on any atom is 0.325 e. The van der Waals surface area contributed by atoms with Crippen LogP contribution in [0.25, 0.3) is 5.69 Å². The van der Waals surface area contributed by atoms with Crippen molar-refractivity contribution in [3.8, 4) is 5.69 Å². The minimum Gasteiger partial charge on any atom is -0.308 e. The van der Waals surface area contributed by atoms with Gasteiger partial charge in [-0.2, -0.15) is 0 Å². The average Bonchev–Trinajstić information content (AvgIpc) is 3.11. The zero-order valence-corrected chi connectivity index (χ0v) is 14.8. The van der Waals surface area contributed by atoms with Crippen LogP contribution in [0.15, 0.2) is 72.1 Å². The van der Waals surface area contributed by atoms with Crippen LogP contribution < -0.4 is 10.6 Å². The van der Waals surface area contributed by atoms with Gasteiger partial charge in [-0.05, 0) is 31.2 Å². The first kappa shape index (κ1) is 17.7. The van der Waals surface area contributed by atoms with E-state index in [9.17, 15) is 9.59 Å². The van der Waals surface area contributed by atoms with Crippen LogP contribution >= 0.6 is 11.8 Å². The molecule has 7 nitrogen and oxygen atoms in total. The molecule has 3 amide bonds. The molecule has 132 valence electrons. The maximum absolute atomic E-state index is 12.2. The largest absolute Gasteiger partial charge is 0.325 e. The number of carbonyl (C=O) groups is 2. The number of amides is 3. The molecule has 1 aromatic heterocycles. The summed E-state index contributed by atoms with van der Waals surface area (Å²) in [4.78, 5) is 28.2. The van der Waals surface area contributed by atoms with Gasteiger partial charge in [-0.3, -0.25) is 10.1 Å². The standard InChI is InChI=1S/C18H17N5O2S/c1-13(16(24)21-17(25)20-14-8-4-2-5-9-14)26-18-19-12-23(22-18)15-10-6-3-7-11-15/h2-13H,1H3,(H2,20,21,24,25). The Morgan fingerprint density at radius 1 is 1.04 bits per heavy atom. The van der Waals surface area contributed by atoms with Crippen molar-refractivity contribution in [2.24, 2.45) is 0 Å². The predicted octanol–water partition coefficient (Wildman–Crippen LogP) is 3.10. The van der Waals surface area contributed by atoms with Crippen LogP contribution in [-0.4, -0.2) is 32.0 Å². The summed E-state index contributed by atoms with van der Waals surface area (Å²) >= 11 is 1.18. The van der Waals surface area contributed by atoms with Crippen LogP contribution in [0, 0.1) is 0 Å². The third kappa shape index (κ3) is 4.70. The second-order valence-electron chi connectivity index (χ2n) is 5.38. The molecule has 0 fully saturated rings. The van der Waals surface area contributed by atoms with Crippen molar-refractivity contribution in [3.05, 3.63) is 67.0 Å². The lowest BCUT2D eigenvalue weighted by Gasteiger charge is -2.10. The lowest BCUT2D eigenvalue weighted by atomic mass is 10.3. The van der Waals surface area contributed by atoms with Gasteiger partial charge in [0.1, 0.15) is 6.33 Å². The van der Waals surface area contributed by atoms with E-state index in [-0.39, 0.29) is 0 Å². The second kappa shape index (κ2) is 8.30. The minimum atomic E-state index is -0.573. The highest BCUT2D eigenvalue weighted by molar-refractivity contribution is 8.00. The van der Waals surface area contributed by atoms with Crippen molar-refractivity contribution in [1.82, 2.24) is 20.1 Å². The summed E-state index contributed by atoms with van der Waals surface area (Å²) in [5.41, 5.74) is 1.49. The zero-order chi connectivity index (χ0) is 18.4. The Kier molecular flexibility index (Phi) is 5.65. The molecular weight excluding hydrogens is 350 g/mol. The van der Waals surface area contributed by atoms with Crippen LogP contribution in [0.4, 0.5) is 10.5 Å². The number of imide groups is 1. The molecule has 0 radical (unpaired) electrons. The fourth-order valence-corrected chi connectivity index (χ4v) is 2.84. The van der Waals surface area contributed by atoms with E-state index >= 15 is 0 Å². The molecule has 3 aromatic rings. The van der Waals surface area contributed by atoms with Gasteiger partial charge in [0.05, 0.1) is 10.9 Å². The number of anilines is 1. The van der Waals surface area contributed by atoms with Crippen LogP contribution in [0.3, 0.4) is 0 Å². The van der Waals surface area contributed by atoms with E-state index in [4.69, 9.17) is 0 Å². The lowest BCUT2D eigenvalue weighted by Crippen LogP contribution is -2.38. The Morgan fingerprint density at radius 3 is 2.38 bits per heavy atom. The smallest absolute Gasteiger partial charge is 0.308 e. The van der Waals surface area contributed by atoms with E-state index in [0.717, 1.165) is 5.69 Å². The van der Waals surface area contributed by atoms with Crippen molar-refractivity contribution in [2.75, 3.05) is 5.32 Å². The minimum absolute atomic E-state index is 0.417. The molecule has 2 N–H and O–H groups in total. The monoisotopic (exact) mass is 367 g/mol. The molecular formula is C18H17N5O2S. The van der Waals surface area contributed by atoms with Crippen molar-refractivity contribution >= 4 is 29.4 Å². The number of hydrogen-bond acceptors (Lipinski definition) is 5. The first-order valence-corrected chi connectivity index (χ1v) is 8.80. The Morgan fingerprint density at radius 2 is 1.69 bits per heavy atom. The van der Waals surface area contributed by atoms with E-state index in [1.54, 1.807) is 42.2 Å². The summed E-state index contributed by atoms with van der Waals surface area (Å²) in [6, 6.07) is 17.9. The normalized spacial score (nSPS) is 11.6. The quantitative estimate of drug-likeness (QED) is 0.677. The van der Waals surface area contributed by atoms with E-state index in [1.807, 2.05) is 36.4 Å². The number of nitrogens with one attached hydrogen (secondary N) is 2. The first-order chi connectivity index (χ1) is 12.6. The first-order valence-electron chi connectivity index (χ1n) is 7.92. The summed E-state index contributed by atoms with van der Waals surface area (Å²) in [6.45, 7) is 1.69. The van der Waals surface area contributed by atoms with Crippen LogP contribution in [0.1, 0.15) is 6.92 Å². The molecule has 0 aliphatic carbocycles. The third-order valence-electron chi connectivity index (χ3n) is 3.41. The number of aromatic nitrogens is 3. The summed E-state index contributed by atoms with van der Waals surface area (Å²) < 4.78 is 1.63. The van der Waals surface area contributed by atoms with Crippen LogP contribution in [-0.2, 0) is 4.79 Å². The van der Waals surface area contributed by atoms with Gasteiger partial charge in [-0.15, -0.1) is 5.10 Å². The molecule has 2 aromatic carbocycles. The number of rotatable bonds is 5. The van der Waals surface area contributed by atoms with Gasteiger partial charge >= 0.3 is 6.03 Å². The highest BCUT2D eigenvalue weighted by atomic mass is 32.2. The van der Waals surface area contributed by atoms with Gasteiger partial charge in [0.15, 0.2) is 0 Å². The van der Waals surface area contributed by atoms with Gasteiger partial charge in [0.2, 0.25) is 11.1 Å². The van der Waals surface area contributed by atoms with Gasteiger partial charge in [0, 0.05) is 5.69 Å². The van der Waals surface area contributed by atoms with Crippen molar-refractivity contribution in [3.63, 3.8) is 0 Å². The molecule has 0 aliphatic rings. The van der Waals surface area contributed by atoms with Gasteiger partial charge in [0.25, 0.3) is 0 Å². The Bertz CT molecular complexity index is 883. The molecule has 8 heteroatoms. The Hall–Kier alpha value is -3.13. The Labute approximate surface area is 154 Å². The summed E-state index contributed by atoms with van der Waals surface area (Å²) in [6.07, 6.45) is 1.59. The molecule has 0 saturated heterocycles. The fraction of sp³-hybridized carbons (Fsp3) is 0.111. The molecule has 0 aliphatic heterocycles. The number of nitrogens with zero attached hydrogens (tertiary/aromatic N) is 3. The third-order valence-corrected chi connectivity index (χ3v) is 4.38. The molecule has 0 bridgehead atoms. The SMILES string of the molecule is CC(Sc1ncn(-c2ccccc2)n1)C(=O)NC(=O)Nc1ccccc1. The summed E-state index contributed by atoms with van der Waals surface area (Å²) in [5, 5.41) is 9.19. The average molecular weight is 367 g/mol. The lowest BCUT2D eigenvalue weighted by molar-refractivity contribution is -0.119. The molecule has 26 heavy (non-hydrogen) atoms. The van der Waals surface area contributed by atoms with Crippen LogP contribution in [0.5, 0.6) is 0 Å². The predicted molar refractivity (Wildman–Crippen MR) is 100 cm³/mol. The molecule has 3 rings (SSSR count). The Balaban J connectivity index is 1.54. The highest BCUT2D eigenvalue weighted by Gasteiger charge is 2.19. The molecule has 1 atom stereocenters. The van der Waals surface area contributed by atoms with Crippen LogP contribution in [0.2, 0.25) is 0 Å².